The van der Waals surface area contributed by atoms with Crippen LogP contribution in [0.3, 0.4) is 0 Å². The van der Waals surface area contributed by atoms with Crippen molar-refractivity contribution in [3.63, 3.8) is 0 Å². The van der Waals surface area contributed by atoms with Gasteiger partial charge in [0.1, 0.15) is 0 Å². The molecule has 1 aromatic heterocycles. The highest BCUT2D eigenvalue weighted by Crippen LogP contribution is 2.13. The van der Waals surface area contributed by atoms with E-state index in [0.29, 0.717) is 5.02 Å². The van der Waals surface area contributed by atoms with Gasteiger partial charge >= 0.3 is 5.97 Å². The molecule has 0 aromatic carbocycles. The largest absolute Gasteiger partial charge is 0.408 e. The van der Waals surface area contributed by atoms with Gasteiger partial charge < -0.3 is 4.74 Å². The van der Waals surface area contributed by atoms with Crippen molar-refractivity contribution in [1.82, 2.24) is 4.98 Å². The van der Waals surface area contributed by atoms with Gasteiger partial charge in [0, 0.05) is 24.2 Å². The fourth-order valence-corrected chi connectivity index (χ4v) is 0.738. The second-order valence-electron chi connectivity index (χ2n) is 1.91. The van der Waals surface area contributed by atoms with Crippen molar-refractivity contribution in [2.45, 2.75) is 6.92 Å². The van der Waals surface area contributed by atoms with Gasteiger partial charge in [0.25, 0.3) is 0 Å². The topological polar surface area (TPSA) is 39.2 Å². The number of ether oxygens (including phenoxy) is 1. The Kier molecular flexibility index (Phi) is 4.62. The molecule has 66 valence electrons. The zero-order chi connectivity index (χ0) is 8.27. The molecule has 0 atom stereocenters. The first-order valence-electron chi connectivity index (χ1n) is 2.98. The van der Waals surface area contributed by atoms with Crippen molar-refractivity contribution in [2.24, 2.45) is 0 Å². The van der Waals surface area contributed by atoms with Crippen LogP contribution in [0.2, 0.25) is 5.02 Å². The van der Waals surface area contributed by atoms with Gasteiger partial charge in [0.05, 0.1) is 0 Å². The fourth-order valence-electron chi connectivity index (χ4n) is 0.588. The van der Waals surface area contributed by atoms with E-state index in [1.54, 1.807) is 6.07 Å². The number of hydrogen-bond acceptors (Lipinski definition) is 3. The number of carbonyl (C=O) groups is 1. The van der Waals surface area contributed by atoms with Gasteiger partial charge in [-0.25, -0.2) is 4.98 Å². The number of rotatable bonds is 1. The van der Waals surface area contributed by atoms with E-state index in [1.807, 2.05) is 0 Å². The lowest BCUT2D eigenvalue weighted by molar-refractivity contribution is -0.132. The molecule has 1 aromatic rings. The third kappa shape index (κ3) is 3.55. The van der Waals surface area contributed by atoms with Gasteiger partial charge in [-0.2, -0.15) is 0 Å². The zero-order valence-electron chi connectivity index (χ0n) is 6.28. The van der Waals surface area contributed by atoms with Crippen molar-refractivity contribution in [3.8, 4) is 5.88 Å². The Morgan fingerprint density at radius 1 is 1.67 bits per heavy atom. The van der Waals surface area contributed by atoms with Gasteiger partial charge in [-0.3, -0.25) is 4.79 Å². The molecule has 0 aliphatic carbocycles. The first kappa shape index (κ1) is 11.2. The minimum atomic E-state index is -0.403. The number of halogens is 2. The van der Waals surface area contributed by atoms with Crippen LogP contribution >= 0.6 is 24.0 Å². The second-order valence-corrected chi connectivity index (χ2v) is 2.34. The minimum absolute atomic E-state index is 0. The lowest BCUT2D eigenvalue weighted by atomic mass is 10.5. The van der Waals surface area contributed by atoms with E-state index in [0.717, 1.165) is 0 Å². The number of hydrogen-bond donors (Lipinski definition) is 0. The molecule has 0 aliphatic rings. The molecule has 1 heterocycles. The Labute approximate surface area is 81.1 Å². The summed E-state index contributed by atoms with van der Waals surface area (Å²) in [5.74, 6) is -0.176. The van der Waals surface area contributed by atoms with Crippen LogP contribution in [0, 0.1) is 0 Å². The maximum absolute atomic E-state index is 10.4. The number of aromatic nitrogens is 1. The van der Waals surface area contributed by atoms with Crippen LogP contribution in [0.4, 0.5) is 0 Å². The molecular weight excluding hydrogens is 201 g/mol. The van der Waals surface area contributed by atoms with Crippen LogP contribution in [0.15, 0.2) is 18.3 Å². The lowest BCUT2D eigenvalue weighted by Gasteiger charge is -1.97. The second kappa shape index (κ2) is 4.95. The summed E-state index contributed by atoms with van der Waals surface area (Å²) in [6.07, 6.45) is 1.47. The van der Waals surface area contributed by atoms with E-state index in [9.17, 15) is 4.79 Å². The standard InChI is InChI=1S/C7H6ClNO2.ClH/c1-5(10)11-7-4-6(8)2-3-9-7;/h2-4H,1H3;1H. The van der Waals surface area contributed by atoms with Crippen LogP contribution in [-0.4, -0.2) is 11.0 Å². The number of carbonyl (C=O) groups excluding carboxylic acids is 1. The first-order valence-corrected chi connectivity index (χ1v) is 3.36. The summed E-state index contributed by atoms with van der Waals surface area (Å²) in [5.41, 5.74) is 0. The molecule has 1 rings (SSSR count). The van der Waals surface area contributed by atoms with Crippen molar-refractivity contribution < 1.29 is 9.53 Å². The third-order valence-electron chi connectivity index (χ3n) is 0.945. The summed E-state index contributed by atoms with van der Waals surface area (Å²) in [6.45, 7) is 1.31. The first-order chi connectivity index (χ1) is 5.18. The molecule has 5 heteroatoms. The van der Waals surface area contributed by atoms with Gasteiger partial charge in [-0.15, -0.1) is 12.4 Å². The van der Waals surface area contributed by atoms with E-state index in [4.69, 9.17) is 11.6 Å². The maximum atomic E-state index is 10.4. The highest BCUT2D eigenvalue weighted by atomic mass is 35.5. The molecule has 0 saturated heterocycles. The third-order valence-corrected chi connectivity index (χ3v) is 1.18. The number of nitrogens with zero attached hydrogens (tertiary/aromatic N) is 1. The molecule has 0 unspecified atom stereocenters. The van der Waals surface area contributed by atoms with Crippen LogP contribution < -0.4 is 4.74 Å². The van der Waals surface area contributed by atoms with Gasteiger partial charge in [0.2, 0.25) is 5.88 Å². The predicted molar refractivity (Wildman–Crippen MR) is 47.8 cm³/mol. The smallest absolute Gasteiger partial charge is 0.309 e. The SMILES string of the molecule is CC(=O)Oc1cc(Cl)ccn1.Cl. The summed E-state index contributed by atoms with van der Waals surface area (Å²) < 4.78 is 4.66. The molecule has 3 nitrogen and oxygen atoms in total. The Hall–Kier alpha value is -0.800. The van der Waals surface area contributed by atoms with Crippen molar-refractivity contribution in [3.05, 3.63) is 23.4 Å². The summed E-state index contributed by atoms with van der Waals surface area (Å²) in [5, 5.41) is 0.497. The summed E-state index contributed by atoms with van der Waals surface area (Å²) in [7, 11) is 0. The summed E-state index contributed by atoms with van der Waals surface area (Å²) in [6, 6.07) is 3.08. The highest BCUT2D eigenvalue weighted by Gasteiger charge is 1.98. The number of pyridine rings is 1. The highest BCUT2D eigenvalue weighted by molar-refractivity contribution is 6.30. The van der Waals surface area contributed by atoms with Crippen molar-refractivity contribution >= 4 is 30.0 Å². The molecule has 0 aliphatic heterocycles. The minimum Gasteiger partial charge on any atom is -0.408 e. The number of esters is 1. The Morgan fingerprint density at radius 3 is 2.83 bits per heavy atom. The van der Waals surface area contributed by atoms with Crippen LogP contribution in [-0.2, 0) is 4.79 Å². The molecule has 0 fully saturated rings. The lowest BCUT2D eigenvalue weighted by Crippen LogP contribution is -2.02. The molecule has 0 radical (unpaired) electrons. The monoisotopic (exact) mass is 207 g/mol. The molecule has 0 amide bonds. The van der Waals surface area contributed by atoms with E-state index in [1.165, 1.54) is 19.2 Å². The van der Waals surface area contributed by atoms with E-state index in [2.05, 4.69) is 9.72 Å². The van der Waals surface area contributed by atoms with Gasteiger partial charge in [-0.05, 0) is 6.07 Å². The fraction of sp³-hybridized carbons (Fsp3) is 0.143. The zero-order valence-corrected chi connectivity index (χ0v) is 7.85. The van der Waals surface area contributed by atoms with Crippen LogP contribution in [0.5, 0.6) is 5.88 Å². The quantitative estimate of drug-likeness (QED) is 0.663. The Morgan fingerprint density at radius 2 is 2.33 bits per heavy atom. The molecule has 0 spiro atoms. The van der Waals surface area contributed by atoms with Gasteiger partial charge in [0.15, 0.2) is 0 Å². The molecule has 0 bridgehead atoms. The van der Waals surface area contributed by atoms with E-state index < -0.39 is 5.97 Å². The molecule has 12 heavy (non-hydrogen) atoms. The normalized spacial score (nSPS) is 8.50. The molecule has 0 N–H and O–H groups in total. The maximum Gasteiger partial charge on any atom is 0.309 e. The predicted octanol–water partition coefficient (Wildman–Crippen LogP) is 2.08. The molecule has 0 saturated carbocycles. The van der Waals surface area contributed by atoms with E-state index >= 15 is 0 Å². The van der Waals surface area contributed by atoms with Crippen LogP contribution in [0.1, 0.15) is 6.92 Å². The van der Waals surface area contributed by atoms with Crippen molar-refractivity contribution in [2.75, 3.05) is 0 Å². The molecular formula is C7H7Cl2NO2. The van der Waals surface area contributed by atoms with Gasteiger partial charge in [-0.1, -0.05) is 11.6 Å². The average molecular weight is 208 g/mol. The average Bonchev–Trinajstić information content (AvgIpc) is 1.85. The summed E-state index contributed by atoms with van der Waals surface area (Å²) >= 11 is 5.60. The Balaban J connectivity index is 0.00000121. The summed E-state index contributed by atoms with van der Waals surface area (Å²) in [4.78, 5) is 14.2. The van der Waals surface area contributed by atoms with Crippen LogP contribution in [0.25, 0.3) is 0 Å². The Bertz CT molecular complexity index is 278. The van der Waals surface area contributed by atoms with E-state index in [-0.39, 0.29) is 18.3 Å². The van der Waals surface area contributed by atoms with Crippen molar-refractivity contribution in [1.29, 1.82) is 0 Å².